The van der Waals surface area contributed by atoms with Crippen LogP contribution in [-0.4, -0.2) is 5.11 Å². The summed E-state index contributed by atoms with van der Waals surface area (Å²) >= 11 is 11.3. The van der Waals surface area contributed by atoms with E-state index in [-0.39, 0.29) is 17.0 Å². The summed E-state index contributed by atoms with van der Waals surface area (Å²) in [7, 11) is 0. The Labute approximate surface area is 119 Å². The van der Waals surface area contributed by atoms with Gasteiger partial charge in [-0.2, -0.15) is 0 Å². The average Bonchev–Trinajstić information content (AvgIpc) is 2.36. The SMILES string of the molecule is OC(Cc1ccc(Cl)c(F)c1)c1cc(Cl)ccc1F. The Hall–Kier alpha value is -1.16. The standard InChI is InChI=1S/C14H10Cl2F2O/c15-9-2-4-12(17)10(7-9)14(19)6-8-1-3-11(16)13(18)5-8/h1-5,7,14,19H,6H2. The maximum Gasteiger partial charge on any atom is 0.142 e. The number of benzene rings is 2. The van der Waals surface area contributed by atoms with Crippen molar-refractivity contribution in [2.75, 3.05) is 0 Å². The van der Waals surface area contributed by atoms with Crippen LogP contribution >= 0.6 is 23.2 Å². The molecule has 0 aromatic heterocycles. The van der Waals surface area contributed by atoms with Gasteiger partial charge < -0.3 is 5.11 Å². The lowest BCUT2D eigenvalue weighted by molar-refractivity contribution is 0.173. The fourth-order valence-electron chi connectivity index (χ4n) is 1.77. The summed E-state index contributed by atoms with van der Waals surface area (Å²) in [6, 6.07) is 8.13. The van der Waals surface area contributed by atoms with Crippen LogP contribution in [0.4, 0.5) is 8.78 Å². The molecule has 2 aromatic carbocycles. The van der Waals surface area contributed by atoms with Gasteiger partial charge in [0.2, 0.25) is 0 Å². The first kappa shape index (κ1) is 14.3. The van der Waals surface area contributed by atoms with Gasteiger partial charge in [0, 0.05) is 17.0 Å². The van der Waals surface area contributed by atoms with Crippen LogP contribution in [0.1, 0.15) is 17.2 Å². The molecular formula is C14H10Cl2F2O. The van der Waals surface area contributed by atoms with E-state index in [1.54, 1.807) is 6.07 Å². The molecule has 0 aliphatic rings. The average molecular weight is 303 g/mol. The molecule has 0 amide bonds. The molecule has 2 rings (SSSR count). The summed E-state index contributed by atoms with van der Waals surface area (Å²) in [5.74, 6) is -1.12. The minimum absolute atomic E-state index is 0.00664. The molecule has 2 aromatic rings. The van der Waals surface area contributed by atoms with Gasteiger partial charge >= 0.3 is 0 Å². The molecule has 19 heavy (non-hydrogen) atoms. The Morgan fingerprint density at radius 2 is 1.74 bits per heavy atom. The molecule has 0 spiro atoms. The van der Waals surface area contributed by atoms with Crippen molar-refractivity contribution in [2.24, 2.45) is 0 Å². The van der Waals surface area contributed by atoms with E-state index in [0.29, 0.717) is 10.6 Å². The van der Waals surface area contributed by atoms with Crippen molar-refractivity contribution in [3.05, 3.63) is 69.2 Å². The van der Waals surface area contributed by atoms with E-state index in [4.69, 9.17) is 23.2 Å². The molecule has 100 valence electrons. The molecular weight excluding hydrogens is 293 g/mol. The Kier molecular flexibility index (Phi) is 4.40. The predicted molar refractivity (Wildman–Crippen MR) is 71.5 cm³/mol. The van der Waals surface area contributed by atoms with Gasteiger partial charge in [0.05, 0.1) is 11.1 Å². The third-order valence-corrected chi connectivity index (χ3v) is 3.27. The van der Waals surface area contributed by atoms with Gasteiger partial charge in [-0.15, -0.1) is 0 Å². The van der Waals surface area contributed by atoms with Crippen LogP contribution in [0.15, 0.2) is 36.4 Å². The van der Waals surface area contributed by atoms with Crippen LogP contribution in [-0.2, 0) is 6.42 Å². The number of aliphatic hydroxyl groups is 1. The molecule has 0 saturated heterocycles. The van der Waals surface area contributed by atoms with Crippen LogP contribution in [0.5, 0.6) is 0 Å². The third kappa shape index (κ3) is 3.44. The second-order valence-electron chi connectivity index (χ2n) is 4.13. The topological polar surface area (TPSA) is 20.2 Å². The summed E-state index contributed by atoms with van der Waals surface area (Å²) in [6.07, 6.45) is -1.02. The van der Waals surface area contributed by atoms with E-state index >= 15 is 0 Å². The van der Waals surface area contributed by atoms with Crippen molar-refractivity contribution < 1.29 is 13.9 Å². The molecule has 0 aliphatic carbocycles. The van der Waals surface area contributed by atoms with Gasteiger partial charge in [0.15, 0.2) is 0 Å². The van der Waals surface area contributed by atoms with E-state index in [1.165, 1.54) is 30.3 Å². The van der Waals surface area contributed by atoms with Crippen LogP contribution < -0.4 is 0 Å². The van der Waals surface area contributed by atoms with E-state index in [9.17, 15) is 13.9 Å². The zero-order valence-electron chi connectivity index (χ0n) is 9.71. The van der Waals surface area contributed by atoms with Crippen molar-refractivity contribution in [3.63, 3.8) is 0 Å². The number of rotatable bonds is 3. The first-order chi connectivity index (χ1) is 8.97. The minimum atomic E-state index is -1.10. The number of aliphatic hydroxyl groups excluding tert-OH is 1. The Morgan fingerprint density at radius 3 is 2.42 bits per heavy atom. The molecule has 0 saturated carbocycles. The molecule has 1 atom stereocenters. The Bertz CT molecular complexity index is 602. The zero-order valence-corrected chi connectivity index (χ0v) is 11.2. The van der Waals surface area contributed by atoms with Gasteiger partial charge in [-0.1, -0.05) is 29.3 Å². The highest BCUT2D eigenvalue weighted by atomic mass is 35.5. The zero-order chi connectivity index (χ0) is 14.0. The van der Waals surface area contributed by atoms with E-state index in [2.05, 4.69) is 0 Å². The van der Waals surface area contributed by atoms with Crippen LogP contribution in [0.25, 0.3) is 0 Å². The minimum Gasteiger partial charge on any atom is -0.388 e. The molecule has 5 heteroatoms. The molecule has 0 aliphatic heterocycles. The molecule has 0 heterocycles. The van der Waals surface area contributed by atoms with Crippen molar-refractivity contribution in [3.8, 4) is 0 Å². The monoisotopic (exact) mass is 302 g/mol. The predicted octanol–water partition coefficient (Wildman–Crippen LogP) is 4.55. The molecule has 1 nitrogen and oxygen atoms in total. The van der Waals surface area contributed by atoms with E-state index in [1.807, 2.05) is 0 Å². The molecule has 0 fully saturated rings. The van der Waals surface area contributed by atoms with Gasteiger partial charge in [0.1, 0.15) is 11.6 Å². The van der Waals surface area contributed by atoms with Gasteiger partial charge in [-0.3, -0.25) is 0 Å². The molecule has 1 unspecified atom stereocenters. The summed E-state index contributed by atoms with van der Waals surface area (Å²) in [5, 5.41) is 10.3. The van der Waals surface area contributed by atoms with Crippen molar-refractivity contribution in [1.29, 1.82) is 0 Å². The summed E-state index contributed by atoms with van der Waals surface area (Å²) < 4.78 is 26.8. The second kappa shape index (κ2) is 5.87. The number of hydrogen-bond donors (Lipinski definition) is 1. The fourth-order valence-corrected chi connectivity index (χ4v) is 2.07. The van der Waals surface area contributed by atoms with Crippen LogP contribution in [0.3, 0.4) is 0 Å². The lowest BCUT2D eigenvalue weighted by Gasteiger charge is -2.12. The fraction of sp³-hybridized carbons (Fsp3) is 0.143. The van der Waals surface area contributed by atoms with Crippen molar-refractivity contribution >= 4 is 23.2 Å². The van der Waals surface area contributed by atoms with Gasteiger partial charge in [0.25, 0.3) is 0 Å². The van der Waals surface area contributed by atoms with Crippen molar-refractivity contribution in [1.82, 2.24) is 0 Å². The normalized spacial score (nSPS) is 12.5. The summed E-state index contributed by atoms with van der Waals surface area (Å²) in [5.41, 5.74) is 0.608. The molecule has 0 bridgehead atoms. The Morgan fingerprint density at radius 1 is 1.00 bits per heavy atom. The van der Waals surface area contributed by atoms with Crippen LogP contribution in [0, 0.1) is 11.6 Å². The quantitative estimate of drug-likeness (QED) is 0.882. The first-order valence-corrected chi connectivity index (χ1v) is 6.30. The number of halogens is 4. The maximum atomic E-state index is 13.6. The summed E-state index contributed by atoms with van der Waals surface area (Å²) in [4.78, 5) is 0. The van der Waals surface area contributed by atoms with E-state index in [0.717, 1.165) is 0 Å². The van der Waals surface area contributed by atoms with Crippen LogP contribution in [0.2, 0.25) is 10.0 Å². The first-order valence-electron chi connectivity index (χ1n) is 5.54. The largest absolute Gasteiger partial charge is 0.388 e. The lowest BCUT2D eigenvalue weighted by Crippen LogP contribution is -2.04. The Balaban J connectivity index is 2.22. The highest BCUT2D eigenvalue weighted by molar-refractivity contribution is 6.31. The van der Waals surface area contributed by atoms with Crippen molar-refractivity contribution in [2.45, 2.75) is 12.5 Å². The maximum absolute atomic E-state index is 13.6. The molecule has 0 radical (unpaired) electrons. The highest BCUT2D eigenvalue weighted by Crippen LogP contribution is 2.25. The van der Waals surface area contributed by atoms with Gasteiger partial charge in [-0.05, 0) is 35.9 Å². The lowest BCUT2D eigenvalue weighted by atomic mass is 10.0. The van der Waals surface area contributed by atoms with E-state index < -0.39 is 17.7 Å². The third-order valence-electron chi connectivity index (χ3n) is 2.73. The molecule has 1 N–H and O–H groups in total. The second-order valence-corrected chi connectivity index (χ2v) is 4.98. The van der Waals surface area contributed by atoms with Gasteiger partial charge in [-0.25, -0.2) is 8.78 Å². The number of hydrogen-bond acceptors (Lipinski definition) is 1. The highest BCUT2D eigenvalue weighted by Gasteiger charge is 2.15. The summed E-state index contributed by atoms with van der Waals surface area (Å²) in [6.45, 7) is 0. The smallest absolute Gasteiger partial charge is 0.142 e.